The average Bonchev–Trinajstić information content (AvgIpc) is 2.87. The molecule has 6 heteroatoms. The molecule has 0 radical (unpaired) electrons. The molecule has 0 unspecified atom stereocenters. The fourth-order valence-corrected chi connectivity index (χ4v) is 3.58. The molecule has 3 rings (SSSR count). The Morgan fingerprint density at radius 3 is 2.54 bits per heavy atom. The number of carbonyl (C=O) groups is 1. The van der Waals surface area contributed by atoms with Crippen LogP contribution in [0.1, 0.15) is 25.8 Å². The highest BCUT2D eigenvalue weighted by molar-refractivity contribution is 7.80. The Morgan fingerprint density at radius 1 is 1.11 bits per heavy atom. The van der Waals surface area contributed by atoms with Crippen LogP contribution in [0.25, 0.3) is 0 Å². The Labute approximate surface area is 173 Å². The van der Waals surface area contributed by atoms with Gasteiger partial charge in [0.1, 0.15) is 11.5 Å². The standard InChI is InChI=1S/C22H29N3O2S/c1-16(2)24-11-10-22(26)25(13-12-24)18-4-9-21(17(14-18)15-23-3)27-19-5-7-20(28)8-6-19/h4-9,14,16,23,28H,10-13,15H2,1-3H3. The number of amides is 1. The zero-order valence-corrected chi connectivity index (χ0v) is 17.7. The highest BCUT2D eigenvalue weighted by Gasteiger charge is 2.24. The summed E-state index contributed by atoms with van der Waals surface area (Å²) in [6, 6.07) is 14.0. The fourth-order valence-electron chi connectivity index (χ4n) is 3.43. The normalized spacial score (nSPS) is 15.8. The molecule has 1 amide bonds. The Morgan fingerprint density at radius 2 is 1.86 bits per heavy atom. The first-order chi connectivity index (χ1) is 13.5. The van der Waals surface area contributed by atoms with Crippen molar-refractivity contribution in [3.05, 3.63) is 48.0 Å². The van der Waals surface area contributed by atoms with Crippen molar-refractivity contribution in [2.75, 3.05) is 31.6 Å². The minimum atomic E-state index is 0.177. The number of nitrogens with zero attached hydrogens (tertiary/aromatic N) is 2. The summed E-state index contributed by atoms with van der Waals surface area (Å²) >= 11 is 4.31. The lowest BCUT2D eigenvalue weighted by Crippen LogP contribution is -2.35. The maximum atomic E-state index is 12.7. The van der Waals surface area contributed by atoms with Crippen molar-refractivity contribution in [1.29, 1.82) is 0 Å². The van der Waals surface area contributed by atoms with Gasteiger partial charge in [-0.2, -0.15) is 0 Å². The molecule has 1 heterocycles. The number of anilines is 1. The molecule has 1 aliphatic rings. The molecule has 1 saturated heterocycles. The topological polar surface area (TPSA) is 44.8 Å². The van der Waals surface area contributed by atoms with Crippen molar-refractivity contribution in [1.82, 2.24) is 10.2 Å². The summed E-state index contributed by atoms with van der Waals surface area (Å²) in [5, 5.41) is 3.19. The molecule has 28 heavy (non-hydrogen) atoms. The zero-order valence-electron chi connectivity index (χ0n) is 16.8. The summed E-state index contributed by atoms with van der Waals surface area (Å²) < 4.78 is 6.07. The second-order valence-corrected chi connectivity index (χ2v) is 7.86. The van der Waals surface area contributed by atoms with E-state index >= 15 is 0 Å². The molecule has 0 spiro atoms. The van der Waals surface area contributed by atoms with Crippen molar-refractivity contribution in [3.8, 4) is 11.5 Å². The van der Waals surface area contributed by atoms with Crippen LogP contribution in [0.2, 0.25) is 0 Å². The Kier molecular flexibility index (Phi) is 6.99. The highest BCUT2D eigenvalue weighted by atomic mass is 32.1. The predicted molar refractivity (Wildman–Crippen MR) is 117 cm³/mol. The Balaban J connectivity index is 1.83. The molecule has 0 saturated carbocycles. The van der Waals surface area contributed by atoms with Gasteiger partial charge >= 0.3 is 0 Å². The maximum Gasteiger partial charge on any atom is 0.228 e. The van der Waals surface area contributed by atoms with E-state index in [1.54, 1.807) is 0 Å². The summed E-state index contributed by atoms with van der Waals surface area (Å²) in [7, 11) is 1.91. The number of rotatable bonds is 6. The molecule has 0 aliphatic carbocycles. The number of nitrogens with one attached hydrogen (secondary N) is 1. The number of carbonyl (C=O) groups excluding carboxylic acids is 1. The molecule has 1 N–H and O–H groups in total. The van der Waals surface area contributed by atoms with Crippen LogP contribution in [0.3, 0.4) is 0 Å². The number of thiol groups is 1. The third-order valence-corrected chi connectivity index (χ3v) is 5.34. The maximum absolute atomic E-state index is 12.7. The number of ether oxygens (including phenoxy) is 1. The van der Waals surface area contributed by atoms with Crippen LogP contribution in [0.5, 0.6) is 11.5 Å². The molecule has 150 valence electrons. The van der Waals surface area contributed by atoms with Crippen molar-refractivity contribution < 1.29 is 9.53 Å². The summed E-state index contributed by atoms with van der Waals surface area (Å²) in [5.74, 6) is 1.73. The second-order valence-electron chi connectivity index (χ2n) is 7.34. The van der Waals surface area contributed by atoms with Gasteiger partial charge in [0.2, 0.25) is 5.91 Å². The fraction of sp³-hybridized carbons (Fsp3) is 0.409. The largest absolute Gasteiger partial charge is 0.457 e. The van der Waals surface area contributed by atoms with Crippen molar-refractivity contribution in [2.45, 2.75) is 37.8 Å². The second kappa shape index (κ2) is 9.45. The van der Waals surface area contributed by atoms with Gasteiger partial charge < -0.3 is 15.0 Å². The molecule has 0 aromatic heterocycles. The van der Waals surface area contributed by atoms with E-state index in [-0.39, 0.29) is 5.91 Å². The summed E-state index contributed by atoms with van der Waals surface area (Å²) in [6.07, 6.45) is 0.549. The van der Waals surface area contributed by atoms with Crippen molar-refractivity contribution in [2.24, 2.45) is 0 Å². The zero-order chi connectivity index (χ0) is 20.1. The van der Waals surface area contributed by atoms with Gasteiger partial charge in [0.25, 0.3) is 0 Å². The van der Waals surface area contributed by atoms with E-state index < -0.39 is 0 Å². The first-order valence-corrected chi connectivity index (χ1v) is 10.2. The van der Waals surface area contributed by atoms with Crippen LogP contribution in [0, 0.1) is 0 Å². The molecular formula is C22H29N3O2S. The molecule has 0 atom stereocenters. The molecular weight excluding hydrogens is 370 g/mol. The minimum Gasteiger partial charge on any atom is -0.457 e. The van der Waals surface area contributed by atoms with Crippen molar-refractivity contribution in [3.63, 3.8) is 0 Å². The van der Waals surface area contributed by atoms with E-state index in [1.807, 2.05) is 48.3 Å². The van der Waals surface area contributed by atoms with E-state index in [0.29, 0.717) is 25.6 Å². The Hall–Kier alpha value is -2.02. The van der Waals surface area contributed by atoms with Crippen LogP contribution in [0.4, 0.5) is 5.69 Å². The van der Waals surface area contributed by atoms with Gasteiger partial charge in [0, 0.05) is 54.8 Å². The first kappa shape index (κ1) is 20.7. The quantitative estimate of drug-likeness (QED) is 0.723. The van der Waals surface area contributed by atoms with E-state index in [1.165, 1.54) is 0 Å². The monoisotopic (exact) mass is 399 g/mol. The lowest BCUT2D eigenvalue weighted by Gasteiger charge is -2.25. The van der Waals surface area contributed by atoms with Crippen LogP contribution < -0.4 is 15.0 Å². The lowest BCUT2D eigenvalue weighted by atomic mass is 10.1. The number of hydrogen-bond donors (Lipinski definition) is 2. The van der Waals surface area contributed by atoms with Crippen molar-refractivity contribution >= 4 is 24.2 Å². The highest BCUT2D eigenvalue weighted by Crippen LogP contribution is 2.30. The molecule has 1 fully saturated rings. The van der Waals surface area contributed by atoms with Gasteiger partial charge in [0.15, 0.2) is 0 Å². The molecule has 2 aromatic rings. The Bertz CT molecular complexity index is 808. The predicted octanol–water partition coefficient (Wildman–Crippen LogP) is 3.93. The van der Waals surface area contributed by atoms with Gasteiger partial charge in [0.05, 0.1) is 0 Å². The van der Waals surface area contributed by atoms with Gasteiger partial charge in [-0.25, -0.2) is 0 Å². The summed E-state index contributed by atoms with van der Waals surface area (Å²) in [5.41, 5.74) is 1.95. The summed E-state index contributed by atoms with van der Waals surface area (Å²) in [4.78, 5) is 17.9. The van der Waals surface area contributed by atoms with Gasteiger partial charge in [-0.1, -0.05) is 0 Å². The summed E-state index contributed by atoms with van der Waals surface area (Å²) in [6.45, 7) is 7.43. The van der Waals surface area contributed by atoms with Crippen LogP contribution in [-0.2, 0) is 11.3 Å². The van der Waals surface area contributed by atoms with Gasteiger partial charge in [-0.15, -0.1) is 12.6 Å². The first-order valence-electron chi connectivity index (χ1n) is 9.76. The third-order valence-electron chi connectivity index (χ3n) is 5.04. The smallest absolute Gasteiger partial charge is 0.228 e. The average molecular weight is 400 g/mol. The van der Waals surface area contributed by atoms with Gasteiger partial charge in [-0.3, -0.25) is 9.69 Å². The molecule has 1 aliphatic heterocycles. The number of hydrogen-bond acceptors (Lipinski definition) is 5. The lowest BCUT2D eigenvalue weighted by molar-refractivity contribution is -0.118. The molecule has 0 bridgehead atoms. The minimum absolute atomic E-state index is 0.177. The van der Waals surface area contributed by atoms with Crippen LogP contribution in [0.15, 0.2) is 47.4 Å². The van der Waals surface area contributed by atoms with Crippen LogP contribution in [-0.4, -0.2) is 43.5 Å². The third kappa shape index (κ3) is 5.07. The van der Waals surface area contributed by atoms with E-state index in [4.69, 9.17) is 4.74 Å². The molecule has 2 aromatic carbocycles. The SMILES string of the molecule is CNCc1cc(N2CCN(C(C)C)CCC2=O)ccc1Oc1ccc(S)cc1. The van der Waals surface area contributed by atoms with E-state index in [9.17, 15) is 4.79 Å². The van der Waals surface area contributed by atoms with Gasteiger partial charge in [-0.05, 0) is 63.4 Å². The van der Waals surface area contributed by atoms with Crippen LogP contribution >= 0.6 is 12.6 Å². The number of benzene rings is 2. The van der Waals surface area contributed by atoms with E-state index in [0.717, 1.165) is 40.7 Å². The van der Waals surface area contributed by atoms with E-state index in [2.05, 4.69) is 42.8 Å². The molecule has 5 nitrogen and oxygen atoms in total.